The second-order valence-electron chi connectivity index (χ2n) is 2.88. The summed E-state index contributed by atoms with van der Waals surface area (Å²) in [5.41, 5.74) is 0. The lowest BCUT2D eigenvalue weighted by Crippen LogP contribution is -2.21. The van der Waals surface area contributed by atoms with E-state index in [1.807, 2.05) is 6.92 Å². The Labute approximate surface area is 91.8 Å². The standard InChI is InChI=1S/C5H9NO.C4H10O2.ClH/c7-4-5-2-1-3-6-5;1-4(5-2)6-3;/h4-6H,1-3H2;4H,1-3H3;1H. The van der Waals surface area contributed by atoms with Crippen LogP contribution in [0.2, 0.25) is 0 Å². The van der Waals surface area contributed by atoms with Crippen LogP contribution in [-0.2, 0) is 14.3 Å². The molecule has 4 nitrogen and oxygen atoms in total. The third-order valence-corrected chi connectivity index (χ3v) is 1.93. The second kappa shape index (κ2) is 10.9. The van der Waals surface area contributed by atoms with Gasteiger partial charge in [0.25, 0.3) is 0 Å². The number of ether oxygens (including phenoxy) is 2. The molecule has 1 rings (SSSR count). The summed E-state index contributed by atoms with van der Waals surface area (Å²) in [6.45, 7) is 2.85. The van der Waals surface area contributed by atoms with Gasteiger partial charge in [-0.25, -0.2) is 0 Å². The van der Waals surface area contributed by atoms with Crippen molar-refractivity contribution in [1.82, 2.24) is 5.32 Å². The van der Waals surface area contributed by atoms with E-state index in [9.17, 15) is 4.79 Å². The van der Waals surface area contributed by atoms with Gasteiger partial charge in [-0.15, -0.1) is 12.4 Å². The summed E-state index contributed by atoms with van der Waals surface area (Å²) in [6.07, 6.45) is 3.10. The zero-order valence-electron chi connectivity index (χ0n) is 8.99. The molecule has 1 fully saturated rings. The van der Waals surface area contributed by atoms with Crippen molar-refractivity contribution < 1.29 is 14.3 Å². The number of halogens is 1. The monoisotopic (exact) mass is 225 g/mol. The number of carbonyl (C=O) groups excluding carboxylic acids is 1. The van der Waals surface area contributed by atoms with E-state index in [0.717, 1.165) is 25.7 Å². The van der Waals surface area contributed by atoms with E-state index in [0.29, 0.717) is 0 Å². The van der Waals surface area contributed by atoms with E-state index >= 15 is 0 Å². The van der Waals surface area contributed by atoms with Crippen molar-refractivity contribution in [1.29, 1.82) is 0 Å². The molecule has 86 valence electrons. The van der Waals surface area contributed by atoms with Gasteiger partial charge in [0.2, 0.25) is 0 Å². The Bertz CT molecular complexity index is 125. The lowest BCUT2D eigenvalue weighted by atomic mass is 10.2. The molecule has 1 unspecified atom stereocenters. The molecular weight excluding hydrogens is 206 g/mol. The Kier molecular flexibility index (Phi) is 12.7. The predicted molar refractivity (Wildman–Crippen MR) is 57.8 cm³/mol. The highest BCUT2D eigenvalue weighted by Crippen LogP contribution is 2.00. The smallest absolute Gasteiger partial charge is 0.154 e. The summed E-state index contributed by atoms with van der Waals surface area (Å²) in [5.74, 6) is 0. The molecule has 0 radical (unpaired) electrons. The molecule has 1 aliphatic rings. The zero-order chi connectivity index (χ0) is 10.1. The van der Waals surface area contributed by atoms with Gasteiger partial charge in [-0.1, -0.05) is 0 Å². The summed E-state index contributed by atoms with van der Waals surface area (Å²) < 4.78 is 9.35. The first-order chi connectivity index (χ1) is 6.24. The summed E-state index contributed by atoms with van der Waals surface area (Å²) in [4.78, 5) is 9.94. The first-order valence-corrected chi connectivity index (χ1v) is 4.48. The SMILES string of the molecule is COC(C)OC.Cl.O=CC1CCCN1. The van der Waals surface area contributed by atoms with Crippen LogP contribution in [0.5, 0.6) is 0 Å². The molecule has 5 heteroatoms. The summed E-state index contributed by atoms with van der Waals surface area (Å²) in [7, 11) is 3.21. The van der Waals surface area contributed by atoms with Crippen LogP contribution < -0.4 is 5.32 Å². The Balaban J connectivity index is 0. The highest BCUT2D eigenvalue weighted by molar-refractivity contribution is 5.85. The van der Waals surface area contributed by atoms with Gasteiger partial charge in [0.1, 0.15) is 6.29 Å². The average molecular weight is 226 g/mol. The molecule has 0 aromatic carbocycles. The Morgan fingerprint density at radius 2 is 2.00 bits per heavy atom. The maximum Gasteiger partial charge on any atom is 0.154 e. The molecule has 1 N–H and O–H groups in total. The minimum Gasteiger partial charge on any atom is -0.356 e. The first-order valence-electron chi connectivity index (χ1n) is 4.48. The molecule has 0 aromatic heterocycles. The molecule has 1 atom stereocenters. The van der Waals surface area contributed by atoms with Crippen LogP contribution in [0, 0.1) is 0 Å². The zero-order valence-corrected chi connectivity index (χ0v) is 9.80. The van der Waals surface area contributed by atoms with Crippen LogP contribution in [0.3, 0.4) is 0 Å². The van der Waals surface area contributed by atoms with Crippen LogP contribution in [0.15, 0.2) is 0 Å². The molecule has 1 saturated heterocycles. The molecule has 0 bridgehead atoms. The first kappa shape index (κ1) is 16.3. The molecule has 14 heavy (non-hydrogen) atoms. The fraction of sp³-hybridized carbons (Fsp3) is 0.889. The molecule has 0 amide bonds. The number of nitrogens with one attached hydrogen (secondary N) is 1. The van der Waals surface area contributed by atoms with E-state index in [4.69, 9.17) is 0 Å². The van der Waals surface area contributed by atoms with Gasteiger partial charge in [0, 0.05) is 14.2 Å². The number of carbonyl (C=O) groups is 1. The second-order valence-corrected chi connectivity index (χ2v) is 2.88. The van der Waals surface area contributed by atoms with E-state index in [1.165, 1.54) is 0 Å². The maximum atomic E-state index is 9.94. The number of hydrogen-bond acceptors (Lipinski definition) is 4. The van der Waals surface area contributed by atoms with Crippen LogP contribution in [0.4, 0.5) is 0 Å². The normalized spacial score (nSPS) is 19.6. The van der Waals surface area contributed by atoms with Gasteiger partial charge >= 0.3 is 0 Å². The van der Waals surface area contributed by atoms with E-state index in [2.05, 4.69) is 14.8 Å². The Morgan fingerprint density at radius 3 is 2.14 bits per heavy atom. The van der Waals surface area contributed by atoms with Gasteiger partial charge in [0.15, 0.2) is 6.29 Å². The van der Waals surface area contributed by atoms with Crippen molar-refractivity contribution >= 4 is 18.7 Å². The summed E-state index contributed by atoms with van der Waals surface area (Å²) >= 11 is 0. The van der Waals surface area contributed by atoms with Gasteiger partial charge < -0.3 is 19.6 Å². The minimum atomic E-state index is -0.0648. The number of methoxy groups -OCH3 is 2. The summed E-state index contributed by atoms with van der Waals surface area (Å²) in [5, 5.41) is 3.04. The van der Waals surface area contributed by atoms with Gasteiger partial charge in [-0.3, -0.25) is 0 Å². The molecule has 0 spiro atoms. The Morgan fingerprint density at radius 1 is 1.43 bits per heavy atom. The van der Waals surface area contributed by atoms with E-state index < -0.39 is 0 Å². The lowest BCUT2D eigenvalue weighted by Gasteiger charge is -2.03. The van der Waals surface area contributed by atoms with Gasteiger partial charge in [-0.05, 0) is 26.3 Å². The molecule has 0 saturated carbocycles. The number of aldehydes is 1. The summed E-state index contributed by atoms with van der Waals surface area (Å²) in [6, 6.07) is 0.167. The van der Waals surface area contributed by atoms with Crippen LogP contribution in [0.1, 0.15) is 19.8 Å². The van der Waals surface area contributed by atoms with Crippen molar-refractivity contribution in [3.8, 4) is 0 Å². The largest absolute Gasteiger partial charge is 0.356 e. The van der Waals surface area contributed by atoms with Crippen molar-refractivity contribution in [2.45, 2.75) is 32.1 Å². The van der Waals surface area contributed by atoms with Crippen molar-refractivity contribution in [2.24, 2.45) is 0 Å². The fourth-order valence-corrected chi connectivity index (χ4v) is 0.924. The highest BCUT2D eigenvalue weighted by atomic mass is 35.5. The van der Waals surface area contributed by atoms with Crippen molar-refractivity contribution in [3.63, 3.8) is 0 Å². The van der Waals surface area contributed by atoms with Crippen molar-refractivity contribution in [2.75, 3.05) is 20.8 Å². The molecule has 1 heterocycles. The van der Waals surface area contributed by atoms with Crippen LogP contribution in [-0.4, -0.2) is 39.4 Å². The lowest BCUT2D eigenvalue weighted by molar-refractivity contribution is -0.109. The Hall–Kier alpha value is -0.160. The van der Waals surface area contributed by atoms with E-state index in [1.54, 1.807) is 14.2 Å². The van der Waals surface area contributed by atoms with Crippen LogP contribution in [0.25, 0.3) is 0 Å². The molecule has 0 aromatic rings. The fourth-order valence-electron chi connectivity index (χ4n) is 0.924. The average Bonchev–Trinajstić information content (AvgIpc) is 2.70. The van der Waals surface area contributed by atoms with Gasteiger partial charge in [0.05, 0.1) is 6.04 Å². The van der Waals surface area contributed by atoms with E-state index in [-0.39, 0.29) is 24.7 Å². The highest BCUT2D eigenvalue weighted by Gasteiger charge is 2.10. The molecule has 1 aliphatic heterocycles. The van der Waals surface area contributed by atoms with Gasteiger partial charge in [-0.2, -0.15) is 0 Å². The van der Waals surface area contributed by atoms with Crippen molar-refractivity contribution in [3.05, 3.63) is 0 Å². The van der Waals surface area contributed by atoms with Crippen LogP contribution >= 0.6 is 12.4 Å². The minimum absolute atomic E-state index is 0. The maximum absolute atomic E-state index is 9.94. The third-order valence-electron chi connectivity index (χ3n) is 1.93. The number of hydrogen-bond donors (Lipinski definition) is 1. The topological polar surface area (TPSA) is 47.6 Å². The quantitative estimate of drug-likeness (QED) is 0.575. The predicted octanol–water partition coefficient (Wildman–Crippen LogP) is 0.984. The number of rotatable bonds is 3. The molecule has 0 aliphatic carbocycles. The third kappa shape index (κ3) is 8.44. The molecular formula is C9H20ClNO3.